The van der Waals surface area contributed by atoms with Crippen LogP contribution < -0.4 is 0 Å². The van der Waals surface area contributed by atoms with E-state index < -0.39 is 47.4 Å². The molecule has 0 radical (unpaired) electrons. The number of hydrogen-bond acceptors (Lipinski definition) is 3. The van der Waals surface area contributed by atoms with Gasteiger partial charge in [0.1, 0.15) is 5.82 Å². The quantitative estimate of drug-likeness (QED) is 0.250. The minimum atomic E-state index is -4.99. The predicted molar refractivity (Wildman–Crippen MR) is 151 cm³/mol. The van der Waals surface area contributed by atoms with Gasteiger partial charge in [-0.15, -0.1) is 0 Å². The Balaban J connectivity index is 0.00000160. The third kappa shape index (κ3) is 13.3. The Morgan fingerprint density at radius 1 is 0.978 bits per heavy atom. The number of carbonyl (C=O) groups is 1. The van der Waals surface area contributed by atoms with Crippen LogP contribution in [0.25, 0.3) is 0 Å². The molecule has 46 heavy (non-hydrogen) atoms. The Labute approximate surface area is 313 Å². The second kappa shape index (κ2) is 20.3. The summed E-state index contributed by atoms with van der Waals surface area (Å²) < 4.78 is 93.4. The van der Waals surface area contributed by atoms with Gasteiger partial charge in [-0.05, 0) is 74.0 Å². The SMILES string of the molecule is O=[C-]O.[CH-]1CC[CH-]CC1.[CH2-]N1CCN(C(=O)N(C)[C@H](C)c2cc(C(F)(F)F)cc(C(F)(F)F)c2)[C@@H](c2ccc(F)cc2C)C1.[U+2].[U+2]. The summed E-state index contributed by atoms with van der Waals surface area (Å²) in [5.74, 6) is -0.442. The summed E-state index contributed by atoms with van der Waals surface area (Å²) in [7, 11) is 5.23. The van der Waals surface area contributed by atoms with Crippen LogP contribution in [0, 0.1) is 94.9 Å². The zero-order valence-corrected chi connectivity index (χ0v) is 34.0. The van der Waals surface area contributed by atoms with Gasteiger partial charge in [0.15, 0.2) is 0 Å². The summed E-state index contributed by atoms with van der Waals surface area (Å²) in [4.78, 5) is 26.0. The summed E-state index contributed by atoms with van der Waals surface area (Å²) in [6.45, 7) is 4.51. The molecule has 0 unspecified atom stereocenters. The first-order valence-electron chi connectivity index (χ1n) is 13.8. The molecular weight excluding hydrogens is 1070 g/mol. The fourth-order valence-electron chi connectivity index (χ4n) is 4.92. The molecule has 15 heteroatoms. The minimum Gasteiger partial charge on any atom is -0.665 e. The van der Waals surface area contributed by atoms with Crippen molar-refractivity contribution in [2.24, 2.45) is 0 Å². The second-order valence-corrected chi connectivity index (χ2v) is 10.5. The summed E-state index contributed by atoms with van der Waals surface area (Å²) in [6.07, 6.45) is 0.0158. The van der Waals surface area contributed by atoms with Crippen LogP contribution in [0.15, 0.2) is 36.4 Å². The van der Waals surface area contributed by atoms with Gasteiger partial charge in [0.05, 0.1) is 23.2 Å². The van der Waals surface area contributed by atoms with Crippen molar-refractivity contribution in [3.63, 3.8) is 0 Å². The first kappa shape index (κ1) is 44.8. The molecular formula is C31H36F7N3O3U2. The van der Waals surface area contributed by atoms with Gasteiger partial charge in [0.2, 0.25) is 0 Å². The maximum atomic E-state index is 13.6. The van der Waals surface area contributed by atoms with Crippen LogP contribution in [0.3, 0.4) is 0 Å². The van der Waals surface area contributed by atoms with Crippen molar-refractivity contribution in [3.8, 4) is 0 Å². The molecule has 4 rings (SSSR count). The van der Waals surface area contributed by atoms with Crippen molar-refractivity contribution in [3.05, 3.63) is 89.9 Å². The Bertz CT molecular complexity index is 1200. The van der Waals surface area contributed by atoms with Crippen LogP contribution in [0.2, 0.25) is 0 Å². The van der Waals surface area contributed by atoms with E-state index >= 15 is 0 Å². The van der Waals surface area contributed by atoms with Crippen LogP contribution in [0.4, 0.5) is 35.5 Å². The molecule has 0 spiro atoms. The number of alkyl halides is 6. The maximum Gasteiger partial charge on any atom is 2.00 e. The van der Waals surface area contributed by atoms with E-state index in [4.69, 9.17) is 9.90 Å². The van der Waals surface area contributed by atoms with Gasteiger partial charge in [0, 0.05) is 13.6 Å². The number of carbonyl (C=O) groups excluding carboxylic acids is 1. The number of halogens is 7. The van der Waals surface area contributed by atoms with Crippen molar-refractivity contribution in [1.29, 1.82) is 0 Å². The minimum absolute atomic E-state index is 0. The average Bonchev–Trinajstić information content (AvgIpc) is 2.96. The van der Waals surface area contributed by atoms with E-state index in [0.29, 0.717) is 42.8 Å². The Morgan fingerprint density at radius 2 is 1.46 bits per heavy atom. The fourth-order valence-corrected chi connectivity index (χ4v) is 4.92. The topological polar surface area (TPSA) is 64.1 Å². The van der Waals surface area contributed by atoms with Crippen molar-refractivity contribution < 1.29 is 108 Å². The molecule has 0 bridgehead atoms. The van der Waals surface area contributed by atoms with E-state index in [1.807, 2.05) is 0 Å². The number of hydrogen-bond donors (Lipinski definition) is 1. The van der Waals surface area contributed by atoms with Gasteiger partial charge in [0.25, 0.3) is 0 Å². The molecule has 6 nitrogen and oxygen atoms in total. The van der Waals surface area contributed by atoms with E-state index in [2.05, 4.69) is 19.9 Å². The molecule has 2 atom stereocenters. The van der Waals surface area contributed by atoms with Gasteiger partial charge in [-0.1, -0.05) is 12.5 Å². The van der Waals surface area contributed by atoms with Crippen LogP contribution in [0.1, 0.15) is 72.5 Å². The van der Waals surface area contributed by atoms with E-state index in [0.717, 1.165) is 4.90 Å². The fraction of sp³-hybridized carbons (Fsp3) is 0.452. The molecule has 1 heterocycles. The molecule has 1 saturated heterocycles. The normalized spacial score (nSPS) is 17.5. The summed E-state index contributed by atoms with van der Waals surface area (Å²) >= 11 is 0. The number of nitrogens with zero attached hydrogens (tertiary/aromatic N) is 3. The number of aryl methyl sites for hydroxylation is 1. The average molecular weight is 1110 g/mol. The zero-order chi connectivity index (χ0) is 33.2. The standard InChI is InChI=1S/C24H25F7N3O.C6H10.CHO2.2U/c1-14-9-19(25)5-6-20(14)21-13-32(3)7-8-34(21)22(35)33(4)15(2)16-10-17(23(26,27)28)12-18(11-16)24(29,30)31;1-2-4-6-5-3-1;2-1-3;;/h5-6,9-12,15,21H,3,7-8,13H2,1-2,4H3;1,6H,2-5H2;(H,2,3);;/q-1;-2;-1;2*+2/t15-,21-;;;;/m1..../s1. The van der Waals surface area contributed by atoms with Crippen LogP contribution in [-0.2, 0) is 17.1 Å². The van der Waals surface area contributed by atoms with Crippen molar-refractivity contribution in [1.82, 2.24) is 14.7 Å². The molecule has 2 amide bonds. The number of amides is 2. The molecule has 1 saturated carbocycles. The molecule has 2 aromatic rings. The first-order chi connectivity index (χ1) is 20.5. The number of piperazine rings is 1. The first-order valence-corrected chi connectivity index (χ1v) is 13.8. The van der Waals surface area contributed by atoms with Crippen molar-refractivity contribution in [2.75, 3.05) is 26.7 Å². The predicted octanol–water partition coefficient (Wildman–Crippen LogP) is 8.02. The van der Waals surface area contributed by atoms with E-state index in [-0.39, 0.29) is 80.4 Å². The van der Waals surface area contributed by atoms with Crippen molar-refractivity contribution in [2.45, 2.75) is 64.0 Å². The second-order valence-electron chi connectivity index (χ2n) is 10.5. The van der Waals surface area contributed by atoms with Crippen LogP contribution in [-0.4, -0.2) is 59.0 Å². The monoisotopic (exact) mass is 1110 g/mol. The molecule has 0 aromatic heterocycles. The molecule has 2 fully saturated rings. The molecule has 250 valence electrons. The Morgan fingerprint density at radius 3 is 1.87 bits per heavy atom. The Hall–Kier alpha value is -1.25. The molecule has 2 aromatic carbocycles. The zero-order valence-electron chi connectivity index (χ0n) is 25.7. The van der Waals surface area contributed by atoms with Crippen molar-refractivity contribution >= 4 is 12.5 Å². The van der Waals surface area contributed by atoms with Gasteiger partial charge in [-0.3, -0.25) is 7.05 Å². The van der Waals surface area contributed by atoms with E-state index in [1.54, 1.807) is 17.9 Å². The number of aliphatic hydroxyl groups excluding tert-OH is 1. The number of rotatable bonds is 3. The summed E-state index contributed by atoms with van der Waals surface area (Å²) in [5, 5.41) is 6.76. The van der Waals surface area contributed by atoms with Gasteiger partial charge in [-0.2, -0.15) is 26.3 Å². The molecule has 2 aliphatic rings. The summed E-state index contributed by atoms with van der Waals surface area (Å²) in [6, 6.07) is 3.24. The molecule has 1 aliphatic heterocycles. The van der Waals surface area contributed by atoms with E-state index in [1.165, 1.54) is 56.7 Å². The molecule has 1 aliphatic carbocycles. The maximum absolute atomic E-state index is 13.6. The smallest absolute Gasteiger partial charge is 0.665 e. The number of benzene rings is 2. The van der Waals surface area contributed by atoms with Gasteiger partial charge >= 0.3 is 80.6 Å². The number of urea groups is 1. The largest absolute Gasteiger partial charge is 2.00 e. The van der Waals surface area contributed by atoms with E-state index in [9.17, 15) is 35.5 Å². The van der Waals surface area contributed by atoms with Crippen LogP contribution in [0.5, 0.6) is 0 Å². The third-order valence-electron chi connectivity index (χ3n) is 7.43. The summed E-state index contributed by atoms with van der Waals surface area (Å²) in [5.41, 5.74) is -1.91. The van der Waals surface area contributed by atoms with Crippen LogP contribution >= 0.6 is 0 Å². The Kier molecular flexibility index (Phi) is 19.8. The van der Waals surface area contributed by atoms with Gasteiger partial charge < -0.3 is 37.4 Å². The third-order valence-corrected chi connectivity index (χ3v) is 7.43. The van der Waals surface area contributed by atoms with Gasteiger partial charge in [-0.25, -0.2) is 34.9 Å². The molecule has 1 N–H and O–H groups in total.